The third-order valence-electron chi connectivity index (χ3n) is 3.54. The molecule has 114 valence electrons. The van der Waals surface area contributed by atoms with E-state index >= 15 is 0 Å². The highest BCUT2D eigenvalue weighted by atomic mass is 32.2. The smallest absolute Gasteiger partial charge is 0.264 e. The van der Waals surface area contributed by atoms with Crippen molar-refractivity contribution in [2.24, 2.45) is 0 Å². The van der Waals surface area contributed by atoms with Crippen LogP contribution in [0.3, 0.4) is 0 Å². The van der Waals surface area contributed by atoms with Crippen molar-refractivity contribution in [2.45, 2.75) is 18.7 Å². The highest BCUT2D eigenvalue weighted by Crippen LogP contribution is 2.27. The number of benzene rings is 2. The van der Waals surface area contributed by atoms with Crippen LogP contribution in [0.25, 0.3) is 10.8 Å². The Hall–Kier alpha value is -2.54. The molecule has 0 saturated carbocycles. The van der Waals surface area contributed by atoms with Crippen molar-refractivity contribution >= 4 is 32.4 Å². The van der Waals surface area contributed by atoms with Crippen LogP contribution >= 0.6 is 0 Å². The number of nitrogens with one attached hydrogen (secondary N) is 1. The van der Waals surface area contributed by atoms with Crippen molar-refractivity contribution in [1.29, 1.82) is 0 Å². The lowest BCUT2D eigenvalue weighted by Crippen LogP contribution is -2.13. The summed E-state index contributed by atoms with van der Waals surface area (Å²) in [6.45, 7) is 3.49. The van der Waals surface area contributed by atoms with Gasteiger partial charge in [-0.3, -0.25) is 0 Å². The second kappa shape index (κ2) is 5.03. The van der Waals surface area contributed by atoms with Gasteiger partial charge in [0.15, 0.2) is 0 Å². The van der Waals surface area contributed by atoms with E-state index < -0.39 is 10.0 Å². The molecule has 0 aliphatic carbocycles. The van der Waals surface area contributed by atoms with E-state index in [1.165, 1.54) is 0 Å². The van der Waals surface area contributed by atoms with Gasteiger partial charge >= 0.3 is 0 Å². The number of sulfonamides is 1. The van der Waals surface area contributed by atoms with Gasteiger partial charge in [-0.15, -0.1) is 0 Å². The Labute approximate surface area is 128 Å². The van der Waals surface area contributed by atoms with Crippen molar-refractivity contribution < 1.29 is 12.9 Å². The lowest BCUT2D eigenvalue weighted by Gasteiger charge is -2.09. The Morgan fingerprint density at radius 2 is 1.95 bits per heavy atom. The van der Waals surface area contributed by atoms with Gasteiger partial charge in [0.1, 0.15) is 0 Å². The minimum absolute atomic E-state index is 0.130. The molecule has 0 aliphatic rings. The van der Waals surface area contributed by atoms with E-state index in [1.54, 1.807) is 44.2 Å². The molecule has 0 atom stereocenters. The van der Waals surface area contributed by atoms with Crippen molar-refractivity contribution in [1.82, 2.24) is 5.16 Å². The van der Waals surface area contributed by atoms with Gasteiger partial charge in [-0.05, 0) is 37.4 Å². The largest absolute Gasteiger partial charge is 0.399 e. The second-order valence-electron chi connectivity index (χ2n) is 5.06. The van der Waals surface area contributed by atoms with Gasteiger partial charge in [-0.1, -0.05) is 23.4 Å². The summed E-state index contributed by atoms with van der Waals surface area (Å²) in [4.78, 5) is 0.165. The average molecular weight is 317 g/mol. The van der Waals surface area contributed by atoms with Crippen LogP contribution in [0.1, 0.15) is 11.3 Å². The molecule has 3 aromatic rings. The lowest BCUT2D eigenvalue weighted by molar-refractivity contribution is 0.430. The first kappa shape index (κ1) is 14.4. The van der Waals surface area contributed by atoms with Crippen LogP contribution in [-0.4, -0.2) is 13.6 Å². The fourth-order valence-electron chi connectivity index (χ4n) is 2.19. The highest BCUT2D eigenvalue weighted by molar-refractivity contribution is 7.93. The van der Waals surface area contributed by atoms with E-state index in [0.29, 0.717) is 22.3 Å². The summed E-state index contributed by atoms with van der Waals surface area (Å²) in [7, 11) is -3.79. The number of hydrogen-bond acceptors (Lipinski definition) is 5. The van der Waals surface area contributed by atoms with Crippen LogP contribution in [0.15, 0.2) is 45.8 Å². The van der Waals surface area contributed by atoms with Crippen LogP contribution in [0, 0.1) is 13.8 Å². The molecule has 7 heteroatoms. The number of nitrogen functional groups attached to an aromatic ring is 1. The van der Waals surface area contributed by atoms with Gasteiger partial charge in [0.25, 0.3) is 10.0 Å². The number of aromatic nitrogens is 1. The third-order valence-corrected chi connectivity index (χ3v) is 4.93. The first-order valence-electron chi connectivity index (χ1n) is 6.62. The fraction of sp³-hybridized carbons (Fsp3) is 0.133. The SMILES string of the molecule is Cc1noc(NS(=O)(=O)c2cccc3cc(N)ccc23)c1C. The van der Waals surface area contributed by atoms with Crippen LogP contribution in [0.4, 0.5) is 11.6 Å². The predicted octanol–water partition coefficient (Wildman–Crippen LogP) is 2.83. The van der Waals surface area contributed by atoms with Gasteiger partial charge in [0, 0.05) is 16.6 Å². The molecule has 6 nitrogen and oxygen atoms in total. The standard InChI is InChI=1S/C15H15N3O3S/c1-9-10(2)17-21-15(9)18-22(19,20)14-5-3-4-11-8-12(16)6-7-13(11)14/h3-8,18H,16H2,1-2H3. The Balaban J connectivity index is 2.11. The van der Waals surface area contributed by atoms with E-state index in [4.69, 9.17) is 10.3 Å². The van der Waals surface area contributed by atoms with Crippen molar-refractivity contribution in [2.75, 3.05) is 10.5 Å². The number of nitrogens with two attached hydrogens (primary N) is 1. The van der Waals surface area contributed by atoms with E-state index in [9.17, 15) is 8.42 Å². The molecular weight excluding hydrogens is 302 g/mol. The third kappa shape index (κ3) is 2.39. The van der Waals surface area contributed by atoms with Gasteiger partial charge in [-0.25, -0.2) is 13.1 Å². The Morgan fingerprint density at radius 1 is 1.18 bits per heavy atom. The topological polar surface area (TPSA) is 98.2 Å². The molecule has 0 bridgehead atoms. The first-order chi connectivity index (χ1) is 10.4. The van der Waals surface area contributed by atoms with Crippen LogP contribution in [0.5, 0.6) is 0 Å². The molecule has 3 rings (SSSR count). The van der Waals surface area contributed by atoms with E-state index in [1.807, 2.05) is 6.07 Å². The molecule has 0 spiro atoms. The zero-order chi connectivity index (χ0) is 15.9. The number of anilines is 2. The number of nitrogens with zero attached hydrogens (tertiary/aromatic N) is 1. The zero-order valence-corrected chi connectivity index (χ0v) is 12.9. The monoisotopic (exact) mass is 317 g/mol. The highest BCUT2D eigenvalue weighted by Gasteiger charge is 2.21. The molecule has 2 aromatic carbocycles. The quantitative estimate of drug-likeness (QED) is 0.724. The Morgan fingerprint density at radius 3 is 2.64 bits per heavy atom. The summed E-state index contributed by atoms with van der Waals surface area (Å²) in [6.07, 6.45) is 0. The number of aryl methyl sites for hydroxylation is 1. The summed E-state index contributed by atoms with van der Waals surface area (Å²) in [5.74, 6) is 0.130. The maximum Gasteiger partial charge on any atom is 0.264 e. The number of fused-ring (bicyclic) bond motifs is 1. The van der Waals surface area contributed by atoms with E-state index in [2.05, 4.69) is 9.88 Å². The summed E-state index contributed by atoms with van der Waals surface area (Å²) in [5.41, 5.74) is 7.62. The molecule has 0 amide bonds. The lowest BCUT2D eigenvalue weighted by atomic mass is 10.1. The number of rotatable bonds is 3. The van der Waals surface area contributed by atoms with Gasteiger partial charge in [-0.2, -0.15) is 0 Å². The van der Waals surface area contributed by atoms with E-state index in [-0.39, 0.29) is 10.8 Å². The number of hydrogen-bond donors (Lipinski definition) is 2. The Bertz CT molecular complexity index is 961. The molecule has 0 radical (unpaired) electrons. The molecule has 0 fully saturated rings. The molecule has 0 saturated heterocycles. The summed E-state index contributed by atoms with van der Waals surface area (Å²) in [6, 6.07) is 10.1. The molecule has 1 aromatic heterocycles. The minimum atomic E-state index is -3.79. The predicted molar refractivity (Wildman–Crippen MR) is 85.1 cm³/mol. The van der Waals surface area contributed by atoms with Gasteiger partial charge in [0.05, 0.1) is 10.6 Å². The maximum absolute atomic E-state index is 12.6. The molecule has 1 heterocycles. The van der Waals surface area contributed by atoms with Gasteiger partial charge < -0.3 is 10.3 Å². The molecule has 0 aliphatic heterocycles. The van der Waals surface area contributed by atoms with Crippen LogP contribution in [0.2, 0.25) is 0 Å². The van der Waals surface area contributed by atoms with Crippen LogP contribution < -0.4 is 10.5 Å². The summed E-state index contributed by atoms with van der Waals surface area (Å²) >= 11 is 0. The van der Waals surface area contributed by atoms with Crippen molar-refractivity contribution in [3.05, 3.63) is 47.7 Å². The maximum atomic E-state index is 12.6. The van der Waals surface area contributed by atoms with Crippen LogP contribution in [-0.2, 0) is 10.0 Å². The first-order valence-corrected chi connectivity index (χ1v) is 8.11. The fourth-order valence-corrected chi connectivity index (χ4v) is 3.47. The van der Waals surface area contributed by atoms with E-state index in [0.717, 1.165) is 5.39 Å². The second-order valence-corrected chi connectivity index (χ2v) is 6.72. The Kier molecular flexibility index (Phi) is 3.29. The zero-order valence-electron chi connectivity index (χ0n) is 12.1. The van der Waals surface area contributed by atoms with Crippen molar-refractivity contribution in [3.8, 4) is 0 Å². The molecule has 0 unspecified atom stereocenters. The van der Waals surface area contributed by atoms with Gasteiger partial charge in [0.2, 0.25) is 5.88 Å². The average Bonchev–Trinajstić information content (AvgIpc) is 2.78. The summed E-state index contributed by atoms with van der Waals surface area (Å²) in [5, 5.41) is 5.10. The normalized spacial score (nSPS) is 11.7. The molecular formula is C15H15N3O3S. The molecule has 22 heavy (non-hydrogen) atoms. The van der Waals surface area contributed by atoms with Crippen molar-refractivity contribution in [3.63, 3.8) is 0 Å². The summed E-state index contributed by atoms with van der Waals surface area (Å²) < 4.78 is 32.7. The minimum Gasteiger partial charge on any atom is -0.399 e. The molecule has 3 N–H and O–H groups in total.